The van der Waals surface area contributed by atoms with Crippen LogP contribution in [0.4, 0.5) is 0 Å². The summed E-state index contributed by atoms with van der Waals surface area (Å²) in [6.45, 7) is 6.57. The number of hydrogen-bond donors (Lipinski definition) is 1. The van der Waals surface area contributed by atoms with Crippen LogP contribution in [0.2, 0.25) is 0 Å². The SMILES string of the molecule is CC(C)(C)c1ccc(-c2csc3nc(-c4ccccn4)[nH]c(=O)c23)cc1. The Hall–Kier alpha value is -2.79. The number of fused-ring (bicyclic) bond motifs is 1. The van der Waals surface area contributed by atoms with Crippen molar-refractivity contribution in [2.45, 2.75) is 26.2 Å². The van der Waals surface area contributed by atoms with Crippen LogP contribution in [0, 0.1) is 0 Å². The Morgan fingerprint density at radius 1 is 1.04 bits per heavy atom. The van der Waals surface area contributed by atoms with Crippen LogP contribution in [-0.4, -0.2) is 15.0 Å². The second kappa shape index (κ2) is 6.18. The Morgan fingerprint density at radius 2 is 1.81 bits per heavy atom. The third-order valence-corrected chi connectivity index (χ3v) is 5.29. The molecule has 5 heteroatoms. The number of benzene rings is 1. The number of thiophene rings is 1. The molecule has 0 aliphatic rings. The fourth-order valence-electron chi connectivity index (χ4n) is 2.94. The van der Waals surface area contributed by atoms with Gasteiger partial charge in [0.2, 0.25) is 0 Å². The molecule has 130 valence electrons. The first kappa shape index (κ1) is 16.7. The molecule has 0 saturated carbocycles. The van der Waals surface area contributed by atoms with Gasteiger partial charge in [-0.05, 0) is 28.7 Å². The first-order valence-electron chi connectivity index (χ1n) is 8.47. The van der Waals surface area contributed by atoms with Crippen molar-refractivity contribution in [3.05, 3.63) is 70.0 Å². The van der Waals surface area contributed by atoms with E-state index in [9.17, 15) is 4.79 Å². The van der Waals surface area contributed by atoms with Crippen LogP contribution >= 0.6 is 11.3 Å². The highest BCUT2D eigenvalue weighted by Crippen LogP contribution is 2.33. The normalized spacial score (nSPS) is 11.8. The average molecular weight is 361 g/mol. The summed E-state index contributed by atoms with van der Waals surface area (Å²) in [7, 11) is 0. The maximum absolute atomic E-state index is 12.7. The lowest BCUT2D eigenvalue weighted by atomic mass is 9.86. The van der Waals surface area contributed by atoms with E-state index in [0.717, 1.165) is 16.0 Å². The van der Waals surface area contributed by atoms with Crippen LogP contribution in [0.3, 0.4) is 0 Å². The van der Waals surface area contributed by atoms with Gasteiger partial charge < -0.3 is 4.98 Å². The molecule has 1 aromatic carbocycles. The minimum Gasteiger partial charge on any atom is -0.305 e. The van der Waals surface area contributed by atoms with Crippen molar-refractivity contribution >= 4 is 21.6 Å². The Balaban J connectivity index is 1.82. The zero-order valence-corrected chi connectivity index (χ0v) is 15.7. The molecule has 1 N–H and O–H groups in total. The molecule has 0 spiro atoms. The largest absolute Gasteiger partial charge is 0.305 e. The summed E-state index contributed by atoms with van der Waals surface area (Å²) in [4.78, 5) is 25.2. The summed E-state index contributed by atoms with van der Waals surface area (Å²) < 4.78 is 0. The topological polar surface area (TPSA) is 58.6 Å². The van der Waals surface area contributed by atoms with Crippen LogP contribution in [0.1, 0.15) is 26.3 Å². The molecule has 0 aliphatic carbocycles. The van der Waals surface area contributed by atoms with E-state index in [1.54, 1.807) is 6.20 Å². The zero-order valence-electron chi connectivity index (χ0n) is 14.9. The van der Waals surface area contributed by atoms with Crippen LogP contribution in [0.5, 0.6) is 0 Å². The first-order chi connectivity index (χ1) is 12.4. The summed E-state index contributed by atoms with van der Waals surface area (Å²) in [5, 5.41) is 2.64. The Kier molecular flexibility index (Phi) is 3.96. The number of nitrogens with one attached hydrogen (secondary N) is 1. The van der Waals surface area contributed by atoms with E-state index >= 15 is 0 Å². The van der Waals surface area contributed by atoms with Crippen molar-refractivity contribution in [2.24, 2.45) is 0 Å². The highest BCUT2D eigenvalue weighted by molar-refractivity contribution is 7.17. The lowest BCUT2D eigenvalue weighted by molar-refractivity contribution is 0.590. The van der Waals surface area contributed by atoms with Gasteiger partial charge >= 0.3 is 0 Å². The van der Waals surface area contributed by atoms with Crippen molar-refractivity contribution < 1.29 is 0 Å². The molecule has 0 amide bonds. The van der Waals surface area contributed by atoms with Crippen LogP contribution in [0.15, 0.2) is 58.8 Å². The van der Waals surface area contributed by atoms with Gasteiger partial charge in [0, 0.05) is 17.1 Å². The van der Waals surface area contributed by atoms with Gasteiger partial charge in [-0.3, -0.25) is 9.78 Å². The van der Waals surface area contributed by atoms with Crippen LogP contribution in [-0.2, 0) is 5.41 Å². The second-order valence-electron chi connectivity index (χ2n) is 7.29. The number of rotatable bonds is 2. The quantitative estimate of drug-likeness (QED) is 0.546. The minimum atomic E-state index is -0.133. The third kappa shape index (κ3) is 2.95. The van der Waals surface area contributed by atoms with Gasteiger partial charge in [0.15, 0.2) is 5.82 Å². The second-order valence-corrected chi connectivity index (χ2v) is 8.14. The summed E-state index contributed by atoms with van der Waals surface area (Å²) in [6.07, 6.45) is 1.69. The van der Waals surface area contributed by atoms with Gasteiger partial charge in [0.1, 0.15) is 10.5 Å². The maximum Gasteiger partial charge on any atom is 0.260 e. The van der Waals surface area contributed by atoms with Gasteiger partial charge in [-0.2, -0.15) is 0 Å². The molecule has 0 atom stereocenters. The van der Waals surface area contributed by atoms with Gasteiger partial charge in [0.25, 0.3) is 5.56 Å². The molecule has 0 bridgehead atoms. The fourth-order valence-corrected chi connectivity index (χ4v) is 3.88. The highest BCUT2D eigenvalue weighted by atomic mass is 32.1. The zero-order chi connectivity index (χ0) is 18.3. The minimum absolute atomic E-state index is 0.103. The van der Waals surface area contributed by atoms with E-state index in [-0.39, 0.29) is 11.0 Å². The van der Waals surface area contributed by atoms with E-state index in [2.05, 4.69) is 60.0 Å². The number of pyridine rings is 1. The summed E-state index contributed by atoms with van der Waals surface area (Å²) in [6, 6.07) is 14.0. The maximum atomic E-state index is 12.7. The Bertz CT molecular complexity index is 1120. The van der Waals surface area contributed by atoms with Crippen LogP contribution < -0.4 is 5.56 Å². The third-order valence-electron chi connectivity index (χ3n) is 4.41. The molecule has 4 nitrogen and oxygen atoms in total. The number of aromatic nitrogens is 3. The highest BCUT2D eigenvalue weighted by Gasteiger charge is 2.16. The monoisotopic (exact) mass is 361 g/mol. The van der Waals surface area contributed by atoms with Gasteiger partial charge in [-0.15, -0.1) is 11.3 Å². The molecule has 0 saturated heterocycles. The van der Waals surface area contributed by atoms with E-state index in [1.165, 1.54) is 16.9 Å². The molecule has 4 rings (SSSR count). The fraction of sp³-hybridized carbons (Fsp3) is 0.190. The lowest BCUT2D eigenvalue weighted by Crippen LogP contribution is -2.11. The molecular formula is C21H19N3OS. The predicted molar refractivity (Wildman–Crippen MR) is 108 cm³/mol. The van der Waals surface area contributed by atoms with Gasteiger partial charge in [0.05, 0.1) is 5.39 Å². The van der Waals surface area contributed by atoms with Gasteiger partial charge in [-0.25, -0.2) is 4.98 Å². The molecule has 4 aromatic rings. The first-order valence-corrected chi connectivity index (χ1v) is 9.35. The Labute approximate surface area is 155 Å². The summed E-state index contributed by atoms with van der Waals surface area (Å²) in [5.74, 6) is 0.500. The van der Waals surface area contributed by atoms with Crippen molar-refractivity contribution in [1.82, 2.24) is 15.0 Å². The van der Waals surface area contributed by atoms with Crippen molar-refractivity contribution in [2.75, 3.05) is 0 Å². The van der Waals surface area contributed by atoms with Crippen molar-refractivity contribution in [3.63, 3.8) is 0 Å². The molecule has 0 radical (unpaired) electrons. The smallest absolute Gasteiger partial charge is 0.260 e. The van der Waals surface area contributed by atoms with E-state index in [0.29, 0.717) is 16.9 Å². The van der Waals surface area contributed by atoms with Crippen LogP contribution in [0.25, 0.3) is 32.9 Å². The molecule has 3 heterocycles. The molecule has 0 aliphatic heterocycles. The summed E-state index contributed by atoms with van der Waals surface area (Å²) >= 11 is 1.48. The van der Waals surface area contributed by atoms with E-state index in [4.69, 9.17) is 0 Å². The molecule has 26 heavy (non-hydrogen) atoms. The lowest BCUT2D eigenvalue weighted by Gasteiger charge is -2.19. The molecule has 3 aromatic heterocycles. The standard InChI is InChI=1S/C21H19N3OS/c1-21(2,3)14-9-7-13(8-10-14)15-12-26-20-17(15)19(25)23-18(24-20)16-6-4-5-11-22-16/h4-12H,1-3H3,(H,23,24,25). The molecule has 0 fully saturated rings. The average Bonchev–Trinajstić information content (AvgIpc) is 3.06. The number of hydrogen-bond acceptors (Lipinski definition) is 4. The molecular weight excluding hydrogens is 342 g/mol. The van der Waals surface area contributed by atoms with Crippen molar-refractivity contribution in [1.29, 1.82) is 0 Å². The predicted octanol–water partition coefficient (Wildman–Crippen LogP) is 5.01. The van der Waals surface area contributed by atoms with E-state index < -0.39 is 0 Å². The van der Waals surface area contributed by atoms with Gasteiger partial charge in [-0.1, -0.05) is 51.1 Å². The summed E-state index contributed by atoms with van der Waals surface area (Å²) in [5.41, 5.74) is 3.85. The number of nitrogens with zero attached hydrogens (tertiary/aromatic N) is 2. The Morgan fingerprint density at radius 3 is 2.46 bits per heavy atom. The molecule has 0 unspecified atom stereocenters. The van der Waals surface area contributed by atoms with E-state index in [1.807, 2.05) is 23.6 Å². The number of H-pyrrole nitrogens is 1. The number of aromatic amines is 1. The van der Waals surface area contributed by atoms with Crippen molar-refractivity contribution in [3.8, 4) is 22.6 Å².